The summed E-state index contributed by atoms with van der Waals surface area (Å²) in [5, 5.41) is 0.678. The molecular weight excluding hydrogens is 260 g/mol. The molecule has 2 aromatic carbocycles. The van der Waals surface area contributed by atoms with Crippen LogP contribution in [-0.4, -0.2) is 6.29 Å². The summed E-state index contributed by atoms with van der Waals surface area (Å²) >= 11 is 5.93. The highest BCUT2D eigenvalue weighted by molar-refractivity contribution is 6.30. The number of carbonyl (C=O) groups excluding carboxylic acids is 1. The van der Waals surface area contributed by atoms with Gasteiger partial charge in [0.05, 0.1) is 5.56 Å². The molecule has 0 saturated heterocycles. The van der Waals surface area contributed by atoms with Gasteiger partial charge in [-0.2, -0.15) is 0 Å². The molecule has 0 aliphatic carbocycles. The Kier molecular flexibility index (Phi) is 4.23. The van der Waals surface area contributed by atoms with Gasteiger partial charge in [-0.3, -0.25) is 4.79 Å². The molecule has 2 nitrogen and oxygen atoms in total. The minimum atomic E-state index is 0.395. The molecule has 2 rings (SSSR count). The van der Waals surface area contributed by atoms with Crippen LogP contribution in [0.2, 0.25) is 5.02 Å². The first-order valence-electron chi connectivity index (χ1n) is 6.04. The molecule has 0 unspecified atom stereocenters. The molecule has 98 valence electrons. The van der Waals surface area contributed by atoms with Gasteiger partial charge in [-0.05, 0) is 48.7 Å². The molecule has 0 spiro atoms. The van der Waals surface area contributed by atoms with E-state index >= 15 is 0 Å². The molecule has 0 N–H and O–H groups in total. The first kappa shape index (κ1) is 13.6. The van der Waals surface area contributed by atoms with Crippen LogP contribution in [0, 0.1) is 13.8 Å². The van der Waals surface area contributed by atoms with E-state index in [1.54, 1.807) is 6.07 Å². The van der Waals surface area contributed by atoms with Crippen LogP contribution in [0.4, 0.5) is 0 Å². The molecule has 0 heterocycles. The maximum Gasteiger partial charge on any atom is 0.153 e. The molecule has 0 saturated carbocycles. The Morgan fingerprint density at radius 3 is 2.68 bits per heavy atom. The van der Waals surface area contributed by atoms with E-state index in [0.717, 1.165) is 23.0 Å². The summed E-state index contributed by atoms with van der Waals surface area (Å²) in [5.41, 5.74) is 3.65. The van der Waals surface area contributed by atoms with Crippen LogP contribution < -0.4 is 4.74 Å². The fourth-order valence-electron chi connectivity index (χ4n) is 1.88. The topological polar surface area (TPSA) is 26.3 Å². The zero-order valence-corrected chi connectivity index (χ0v) is 11.7. The minimum Gasteiger partial charge on any atom is -0.488 e. The molecule has 0 aliphatic heterocycles. The van der Waals surface area contributed by atoms with Crippen LogP contribution in [0.5, 0.6) is 5.75 Å². The van der Waals surface area contributed by atoms with E-state index in [0.29, 0.717) is 22.9 Å². The second-order valence-corrected chi connectivity index (χ2v) is 4.90. The molecule has 0 radical (unpaired) electrons. The van der Waals surface area contributed by atoms with Crippen molar-refractivity contribution in [1.29, 1.82) is 0 Å². The average Bonchev–Trinajstić information content (AvgIpc) is 2.40. The maximum absolute atomic E-state index is 11.1. The lowest BCUT2D eigenvalue weighted by atomic mass is 10.1. The predicted molar refractivity (Wildman–Crippen MR) is 77.1 cm³/mol. The second kappa shape index (κ2) is 5.89. The Morgan fingerprint density at radius 1 is 1.21 bits per heavy atom. The fraction of sp³-hybridized carbons (Fsp3) is 0.188. The molecular formula is C16H15ClO2. The summed E-state index contributed by atoms with van der Waals surface area (Å²) in [6, 6.07) is 11.2. The van der Waals surface area contributed by atoms with Crippen LogP contribution in [0.1, 0.15) is 27.0 Å². The third kappa shape index (κ3) is 3.15. The summed E-state index contributed by atoms with van der Waals surface area (Å²) in [6.45, 7) is 4.34. The van der Waals surface area contributed by atoms with Crippen molar-refractivity contribution in [2.45, 2.75) is 20.5 Å². The molecule has 3 heteroatoms. The van der Waals surface area contributed by atoms with E-state index < -0.39 is 0 Å². The van der Waals surface area contributed by atoms with Crippen molar-refractivity contribution < 1.29 is 9.53 Å². The highest BCUT2D eigenvalue weighted by Gasteiger charge is 2.09. The molecule has 0 aliphatic rings. The van der Waals surface area contributed by atoms with Gasteiger partial charge in [0.1, 0.15) is 12.4 Å². The van der Waals surface area contributed by atoms with Crippen molar-refractivity contribution in [3.05, 3.63) is 63.7 Å². The smallest absolute Gasteiger partial charge is 0.153 e. The summed E-state index contributed by atoms with van der Waals surface area (Å²) in [6.07, 6.45) is 0.819. The monoisotopic (exact) mass is 274 g/mol. The Balaban J connectivity index is 2.24. The van der Waals surface area contributed by atoms with Crippen LogP contribution in [0.15, 0.2) is 36.4 Å². The highest BCUT2D eigenvalue weighted by Crippen LogP contribution is 2.26. The van der Waals surface area contributed by atoms with Gasteiger partial charge in [0, 0.05) is 5.02 Å². The Hall–Kier alpha value is -1.80. The second-order valence-electron chi connectivity index (χ2n) is 4.46. The Labute approximate surface area is 118 Å². The predicted octanol–water partition coefficient (Wildman–Crippen LogP) is 4.35. The van der Waals surface area contributed by atoms with E-state index in [2.05, 4.69) is 0 Å². The Morgan fingerprint density at radius 2 is 2.00 bits per heavy atom. The largest absolute Gasteiger partial charge is 0.488 e. The van der Waals surface area contributed by atoms with Crippen molar-refractivity contribution in [2.75, 3.05) is 0 Å². The molecule has 0 atom stereocenters. The normalized spacial score (nSPS) is 10.3. The van der Waals surface area contributed by atoms with E-state index in [9.17, 15) is 4.79 Å². The van der Waals surface area contributed by atoms with Gasteiger partial charge in [-0.1, -0.05) is 29.8 Å². The fourth-order valence-corrected chi connectivity index (χ4v) is 2.09. The summed E-state index contributed by atoms with van der Waals surface area (Å²) in [4.78, 5) is 11.1. The lowest BCUT2D eigenvalue weighted by Crippen LogP contribution is -2.01. The van der Waals surface area contributed by atoms with E-state index in [1.807, 2.05) is 44.2 Å². The van der Waals surface area contributed by atoms with E-state index in [4.69, 9.17) is 16.3 Å². The summed E-state index contributed by atoms with van der Waals surface area (Å²) in [7, 11) is 0. The zero-order valence-electron chi connectivity index (χ0n) is 10.9. The minimum absolute atomic E-state index is 0.395. The molecule has 0 aromatic heterocycles. The first-order valence-corrected chi connectivity index (χ1v) is 6.42. The van der Waals surface area contributed by atoms with Gasteiger partial charge < -0.3 is 4.74 Å². The SMILES string of the molecule is Cc1ccc(C=O)c(OCc2cccc(Cl)c2)c1C. The Bertz CT molecular complexity index is 606. The molecule has 0 bridgehead atoms. The first-order chi connectivity index (χ1) is 9.11. The number of rotatable bonds is 4. The van der Waals surface area contributed by atoms with E-state index in [1.165, 1.54) is 0 Å². The molecule has 2 aromatic rings. The number of benzene rings is 2. The third-order valence-corrected chi connectivity index (χ3v) is 3.34. The maximum atomic E-state index is 11.1. The van der Waals surface area contributed by atoms with Crippen molar-refractivity contribution >= 4 is 17.9 Å². The van der Waals surface area contributed by atoms with Crippen LogP contribution in [0.3, 0.4) is 0 Å². The van der Waals surface area contributed by atoms with Gasteiger partial charge in [0.25, 0.3) is 0 Å². The summed E-state index contributed by atoms with van der Waals surface area (Å²) in [5.74, 6) is 0.648. The van der Waals surface area contributed by atoms with Gasteiger partial charge in [0.2, 0.25) is 0 Å². The highest BCUT2D eigenvalue weighted by atomic mass is 35.5. The number of aryl methyl sites for hydroxylation is 1. The number of halogens is 1. The molecule has 0 amide bonds. The number of aldehydes is 1. The number of ether oxygens (including phenoxy) is 1. The van der Waals surface area contributed by atoms with Gasteiger partial charge in [-0.25, -0.2) is 0 Å². The quantitative estimate of drug-likeness (QED) is 0.775. The van der Waals surface area contributed by atoms with E-state index in [-0.39, 0.29) is 0 Å². The lowest BCUT2D eigenvalue weighted by molar-refractivity contribution is 0.111. The standard InChI is InChI=1S/C16H15ClO2/c1-11-6-7-14(9-18)16(12(11)2)19-10-13-4-3-5-15(17)8-13/h3-9H,10H2,1-2H3. The van der Waals surface area contributed by atoms with Crippen molar-refractivity contribution in [1.82, 2.24) is 0 Å². The van der Waals surface area contributed by atoms with Crippen molar-refractivity contribution in [3.63, 3.8) is 0 Å². The van der Waals surface area contributed by atoms with Gasteiger partial charge in [-0.15, -0.1) is 0 Å². The zero-order chi connectivity index (χ0) is 13.8. The molecule has 19 heavy (non-hydrogen) atoms. The summed E-state index contributed by atoms with van der Waals surface area (Å²) < 4.78 is 5.79. The number of hydrogen-bond donors (Lipinski definition) is 0. The average molecular weight is 275 g/mol. The number of hydrogen-bond acceptors (Lipinski definition) is 2. The van der Waals surface area contributed by atoms with Crippen LogP contribution >= 0.6 is 11.6 Å². The lowest BCUT2D eigenvalue weighted by Gasteiger charge is -2.13. The number of carbonyl (C=O) groups is 1. The van der Waals surface area contributed by atoms with Crippen molar-refractivity contribution in [3.8, 4) is 5.75 Å². The van der Waals surface area contributed by atoms with Crippen LogP contribution in [-0.2, 0) is 6.61 Å². The van der Waals surface area contributed by atoms with Gasteiger partial charge in [0.15, 0.2) is 6.29 Å². The van der Waals surface area contributed by atoms with Crippen LogP contribution in [0.25, 0.3) is 0 Å². The third-order valence-electron chi connectivity index (χ3n) is 3.11. The van der Waals surface area contributed by atoms with Crippen molar-refractivity contribution in [2.24, 2.45) is 0 Å². The van der Waals surface area contributed by atoms with Gasteiger partial charge >= 0.3 is 0 Å². The molecule has 0 fully saturated rings.